The molecule has 0 saturated carbocycles. The predicted octanol–water partition coefficient (Wildman–Crippen LogP) is 4.57. The van der Waals surface area contributed by atoms with Gasteiger partial charge in [0.25, 0.3) is 0 Å². The number of methoxy groups -OCH3 is 1. The van der Waals surface area contributed by atoms with E-state index in [-0.39, 0.29) is 35.6 Å². The quantitative estimate of drug-likeness (QED) is 0.315. The number of rotatable bonds is 6. The highest BCUT2D eigenvalue weighted by Gasteiger charge is 2.30. The van der Waals surface area contributed by atoms with Crippen LogP contribution in [0.4, 0.5) is 0 Å². The molecular formula is C28H28N2O6. The van der Waals surface area contributed by atoms with Crippen molar-refractivity contribution in [3.8, 4) is 17.2 Å². The van der Waals surface area contributed by atoms with Crippen molar-refractivity contribution in [2.75, 3.05) is 7.11 Å². The molecule has 4 aromatic rings. The van der Waals surface area contributed by atoms with Gasteiger partial charge in [0, 0.05) is 29.1 Å². The maximum Gasteiger partial charge on any atom is 0.227 e. The number of ether oxygens (including phenoxy) is 1. The molecule has 5 rings (SSSR count). The molecule has 0 fully saturated rings. The van der Waals surface area contributed by atoms with Crippen molar-refractivity contribution in [2.45, 2.75) is 44.6 Å². The fourth-order valence-corrected chi connectivity index (χ4v) is 5.13. The third kappa shape index (κ3) is 4.30. The zero-order valence-electron chi connectivity index (χ0n) is 20.1. The lowest BCUT2D eigenvalue weighted by atomic mass is 9.89. The molecule has 4 N–H and O–H groups in total. The molecule has 2 heterocycles. The minimum Gasteiger partial charge on any atom is -0.504 e. The Morgan fingerprint density at radius 1 is 1.22 bits per heavy atom. The van der Waals surface area contributed by atoms with Crippen molar-refractivity contribution in [3.05, 3.63) is 87.1 Å². The van der Waals surface area contributed by atoms with Crippen molar-refractivity contribution < 1.29 is 24.2 Å². The molecule has 0 radical (unpaired) electrons. The number of phenolic OH excluding ortho intramolecular Hbond substituents is 1. The van der Waals surface area contributed by atoms with E-state index in [1.807, 2.05) is 18.2 Å². The molecule has 2 aromatic heterocycles. The number of phenols is 1. The Hall–Kier alpha value is -4.20. The van der Waals surface area contributed by atoms with Gasteiger partial charge in [-0.1, -0.05) is 24.3 Å². The second kappa shape index (κ2) is 9.45. The minimum absolute atomic E-state index is 0.00200. The van der Waals surface area contributed by atoms with E-state index in [1.54, 1.807) is 19.1 Å². The highest BCUT2D eigenvalue weighted by molar-refractivity contribution is 5.85. The number of amides is 1. The molecule has 36 heavy (non-hydrogen) atoms. The second-order valence-electron chi connectivity index (χ2n) is 9.20. The number of H-pyrrole nitrogens is 1. The van der Waals surface area contributed by atoms with Gasteiger partial charge >= 0.3 is 0 Å². The van der Waals surface area contributed by atoms with Crippen LogP contribution in [0, 0.1) is 6.92 Å². The standard InChI is InChI=1S/C28H28N2O6/c1-15-12-23(32)27(34)28(36-15)19(16-10-11-22(31)24(13-16)35-2)14-25(33)29-21-9-5-7-18-17-6-3-4-8-20(17)30-26(18)21/h3-4,6,8,10-13,19,21,30-31,34H,5,7,9,14H2,1-2H3,(H,29,33)/t19-,21+/m0/s1. The molecule has 0 bridgehead atoms. The first-order valence-electron chi connectivity index (χ1n) is 11.9. The smallest absolute Gasteiger partial charge is 0.227 e. The summed E-state index contributed by atoms with van der Waals surface area (Å²) in [5.41, 5.74) is 3.26. The van der Waals surface area contributed by atoms with Crippen LogP contribution >= 0.6 is 0 Å². The van der Waals surface area contributed by atoms with E-state index in [2.05, 4.69) is 16.4 Å². The Balaban J connectivity index is 1.48. The Morgan fingerprint density at radius 2 is 2.03 bits per heavy atom. The normalized spacial score (nSPS) is 15.9. The van der Waals surface area contributed by atoms with Gasteiger partial charge in [0.15, 0.2) is 17.3 Å². The number of benzene rings is 2. The van der Waals surface area contributed by atoms with E-state index in [9.17, 15) is 19.8 Å². The van der Waals surface area contributed by atoms with Gasteiger partial charge < -0.3 is 29.7 Å². The first-order chi connectivity index (χ1) is 17.4. The molecule has 1 amide bonds. The van der Waals surface area contributed by atoms with E-state index in [4.69, 9.17) is 9.15 Å². The van der Waals surface area contributed by atoms with E-state index in [1.165, 1.54) is 30.2 Å². The third-order valence-electron chi connectivity index (χ3n) is 6.83. The summed E-state index contributed by atoms with van der Waals surface area (Å²) < 4.78 is 11.0. The van der Waals surface area contributed by atoms with Crippen molar-refractivity contribution in [2.24, 2.45) is 0 Å². The molecule has 8 heteroatoms. The molecule has 0 spiro atoms. The number of carbonyl (C=O) groups excluding carboxylic acids is 1. The number of fused-ring (bicyclic) bond motifs is 3. The van der Waals surface area contributed by atoms with Crippen LogP contribution < -0.4 is 15.5 Å². The van der Waals surface area contributed by atoms with Gasteiger partial charge in [-0.2, -0.15) is 0 Å². The van der Waals surface area contributed by atoms with Crippen molar-refractivity contribution >= 4 is 16.8 Å². The maximum absolute atomic E-state index is 13.4. The molecule has 8 nitrogen and oxygen atoms in total. The number of hydrogen-bond acceptors (Lipinski definition) is 6. The Kier molecular flexibility index (Phi) is 6.18. The minimum atomic E-state index is -0.780. The van der Waals surface area contributed by atoms with E-state index in [0.29, 0.717) is 11.3 Å². The molecule has 2 aromatic carbocycles. The molecule has 186 valence electrons. The van der Waals surface area contributed by atoms with Gasteiger partial charge in [-0.25, -0.2) is 0 Å². The summed E-state index contributed by atoms with van der Waals surface area (Å²) >= 11 is 0. The van der Waals surface area contributed by atoms with Crippen LogP contribution in [0.25, 0.3) is 10.9 Å². The zero-order chi connectivity index (χ0) is 25.4. The van der Waals surface area contributed by atoms with Crippen LogP contribution in [-0.2, 0) is 11.2 Å². The first kappa shape index (κ1) is 23.5. The Bertz CT molecular complexity index is 1500. The molecular weight excluding hydrogens is 460 g/mol. The SMILES string of the molecule is COc1cc([C@H](CC(=O)N[C@@H]2CCCc3c2[nH]c2ccccc32)c2oc(C)cc(=O)c2O)ccc1O. The van der Waals surface area contributed by atoms with Crippen molar-refractivity contribution in [3.63, 3.8) is 0 Å². The Morgan fingerprint density at radius 3 is 2.83 bits per heavy atom. The van der Waals surface area contributed by atoms with Gasteiger partial charge in [-0.3, -0.25) is 9.59 Å². The summed E-state index contributed by atoms with van der Waals surface area (Å²) in [5.74, 6) is -1.11. The summed E-state index contributed by atoms with van der Waals surface area (Å²) in [6, 6.07) is 13.8. The second-order valence-corrected chi connectivity index (χ2v) is 9.20. The van der Waals surface area contributed by atoms with Gasteiger partial charge in [-0.15, -0.1) is 0 Å². The molecule has 0 unspecified atom stereocenters. The van der Waals surface area contributed by atoms with Gasteiger partial charge in [0.05, 0.1) is 19.1 Å². The third-order valence-corrected chi connectivity index (χ3v) is 6.83. The van der Waals surface area contributed by atoms with Crippen molar-refractivity contribution in [1.82, 2.24) is 10.3 Å². The number of aryl methyl sites for hydroxylation is 2. The first-order valence-corrected chi connectivity index (χ1v) is 11.9. The maximum atomic E-state index is 13.4. The summed E-state index contributed by atoms with van der Waals surface area (Å²) in [6.07, 6.45) is 2.61. The van der Waals surface area contributed by atoms with E-state index < -0.39 is 17.1 Å². The van der Waals surface area contributed by atoms with Crippen molar-refractivity contribution in [1.29, 1.82) is 0 Å². The highest BCUT2D eigenvalue weighted by Crippen LogP contribution is 2.38. The van der Waals surface area contributed by atoms with Crippen LogP contribution in [0.2, 0.25) is 0 Å². The summed E-state index contributed by atoms with van der Waals surface area (Å²) in [7, 11) is 1.42. The van der Waals surface area contributed by atoms with E-state index in [0.717, 1.165) is 30.5 Å². The predicted molar refractivity (Wildman–Crippen MR) is 135 cm³/mol. The van der Waals surface area contributed by atoms with E-state index >= 15 is 0 Å². The van der Waals surface area contributed by atoms with Crippen LogP contribution in [0.1, 0.15) is 59.6 Å². The summed E-state index contributed by atoms with van der Waals surface area (Å²) in [5, 5.41) is 24.9. The monoisotopic (exact) mass is 488 g/mol. The summed E-state index contributed by atoms with van der Waals surface area (Å²) in [4.78, 5) is 29.2. The molecule has 2 atom stereocenters. The van der Waals surface area contributed by atoms with Crippen LogP contribution in [0.3, 0.4) is 0 Å². The lowest BCUT2D eigenvalue weighted by Gasteiger charge is -2.25. The number of aromatic nitrogens is 1. The summed E-state index contributed by atoms with van der Waals surface area (Å²) in [6.45, 7) is 1.61. The molecule has 1 aliphatic carbocycles. The number of para-hydroxylation sites is 1. The number of carbonyl (C=O) groups is 1. The highest BCUT2D eigenvalue weighted by atomic mass is 16.5. The van der Waals surface area contributed by atoms with Gasteiger partial charge in [-0.05, 0) is 55.5 Å². The lowest BCUT2D eigenvalue weighted by Crippen LogP contribution is -2.32. The average Bonchev–Trinajstić information content (AvgIpc) is 3.25. The number of hydrogen-bond donors (Lipinski definition) is 4. The number of aromatic amines is 1. The number of aromatic hydroxyl groups is 2. The van der Waals surface area contributed by atoms with Crippen LogP contribution in [0.15, 0.2) is 57.7 Å². The zero-order valence-corrected chi connectivity index (χ0v) is 20.1. The van der Waals surface area contributed by atoms with Crippen LogP contribution in [-0.4, -0.2) is 28.2 Å². The molecule has 0 aliphatic heterocycles. The van der Waals surface area contributed by atoms with Gasteiger partial charge in [0.1, 0.15) is 5.76 Å². The molecule has 1 aliphatic rings. The number of nitrogens with one attached hydrogen (secondary N) is 2. The lowest BCUT2D eigenvalue weighted by molar-refractivity contribution is -0.122. The fraction of sp³-hybridized carbons (Fsp3) is 0.286. The topological polar surface area (TPSA) is 125 Å². The largest absolute Gasteiger partial charge is 0.504 e. The van der Waals surface area contributed by atoms with Gasteiger partial charge in [0.2, 0.25) is 17.1 Å². The Labute approximate surface area is 207 Å². The average molecular weight is 489 g/mol. The van der Waals surface area contributed by atoms with Crippen LogP contribution in [0.5, 0.6) is 17.2 Å². The molecule has 0 saturated heterocycles. The fourth-order valence-electron chi connectivity index (χ4n) is 5.13.